The van der Waals surface area contributed by atoms with E-state index < -0.39 is 41.5 Å². The van der Waals surface area contributed by atoms with Gasteiger partial charge in [-0.15, -0.1) is 0 Å². The minimum absolute atomic E-state index is 0.0772. The highest BCUT2D eigenvalue weighted by Crippen LogP contribution is 2.43. The van der Waals surface area contributed by atoms with Crippen LogP contribution in [-0.2, 0) is 38.1 Å². The van der Waals surface area contributed by atoms with Crippen molar-refractivity contribution in [2.75, 3.05) is 14.2 Å². The Kier molecular flexibility index (Phi) is 6.85. The summed E-state index contributed by atoms with van der Waals surface area (Å²) in [4.78, 5) is 36.9. The normalized spacial score (nSPS) is 36.8. The van der Waals surface area contributed by atoms with Crippen LogP contribution in [0.5, 0.6) is 0 Å². The predicted octanol–water partition coefficient (Wildman–Crippen LogP) is 2.25. The van der Waals surface area contributed by atoms with Crippen LogP contribution in [-0.4, -0.2) is 60.8 Å². The maximum Gasteiger partial charge on any atom is 0.340 e. The molecule has 1 fully saturated rings. The van der Waals surface area contributed by atoms with E-state index in [-0.39, 0.29) is 35.7 Å². The first kappa shape index (κ1) is 24.7. The molecule has 3 rings (SSSR count). The molecular weight excluding hydrogens is 432 g/mol. The summed E-state index contributed by atoms with van der Waals surface area (Å²) >= 11 is 0. The Hall–Kier alpha value is -2.91. The Morgan fingerprint density at radius 2 is 1.94 bits per heavy atom. The van der Waals surface area contributed by atoms with Crippen LogP contribution >= 0.6 is 0 Å². The largest absolute Gasteiger partial charge is 0.465 e. The van der Waals surface area contributed by atoms with E-state index in [9.17, 15) is 19.5 Å². The molecule has 0 aromatic carbocycles. The number of hydrogen-bond donors (Lipinski definition) is 1. The topological polar surface area (TPSA) is 118 Å². The van der Waals surface area contributed by atoms with E-state index in [1.165, 1.54) is 40.2 Å². The Bertz CT molecular complexity index is 955. The van der Waals surface area contributed by atoms with Gasteiger partial charge in [0.1, 0.15) is 17.4 Å². The maximum absolute atomic E-state index is 12.6. The zero-order chi connectivity index (χ0) is 24.6. The van der Waals surface area contributed by atoms with Gasteiger partial charge >= 0.3 is 17.9 Å². The Balaban J connectivity index is 2.15. The molecule has 3 heterocycles. The molecule has 3 aliphatic heterocycles. The van der Waals surface area contributed by atoms with E-state index in [4.69, 9.17) is 23.7 Å². The van der Waals surface area contributed by atoms with Crippen molar-refractivity contribution in [2.24, 2.45) is 5.92 Å². The number of hydrogen-bond acceptors (Lipinski definition) is 9. The average Bonchev–Trinajstić information content (AvgIpc) is 3.20. The van der Waals surface area contributed by atoms with Crippen LogP contribution < -0.4 is 0 Å². The van der Waals surface area contributed by atoms with E-state index in [1.54, 1.807) is 6.08 Å². The fraction of sp³-hybridized carbons (Fsp3) is 0.542. The molecule has 4 bridgehead atoms. The first-order chi connectivity index (χ1) is 15.4. The second-order valence-corrected chi connectivity index (χ2v) is 8.83. The number of allylic oxidation sites excluding steroid dienone is 3. The van der Waals surface area contributed by atoms with Crippen LogP contribution in [0.3, 0.4) is 0 Å². The van der Waals surface area contributed by atoms with Crippen molar-refractivity contribution in [2.45, 2.75) is 63.6 Å². The van der Waals surface area contributed by atoms with Gasteiger partial charge in [0.05, 0.1) is 18.3 Å². The molecule has 5 atom stereocenters. The molecular formula is C24H30O9. The van der Waals surface area contributed by atoms with Crippen LogP contribution in [0, 0.1) is 5.92 Å². The average molecular weight is 462 g/mol. The van der Waals surface area contributed by atoms with Gasteiger partial charge in [0.15, 0.2) is 6.10 Å². The summed E-state index contributed by atoms with van der Waals surface area (Å²) in [5.41, 5.74) is -0.427. The number of aliphatic hydroxyl groups is 1. The molecule has 0 aromatic heterocycles. The van der Waals surface area contributed by atoms with Gasteiger partial charge in [0, 0.05) is 26.9 Å². The molecule has 180 valence electrons. The van der Waals surface area contributed by atoms with Crippen LogP contribution in [0.15, 0.2) is 47.3 Å². The standard InChI is InChI=1S/C24H30O9/c1-13(2)15-7-8-17-20(31-14(3)25)19(32-21(17)26)12-23(4,28)11-16-9-18(22(27)29-5)24(10-15,30-6)33-16/h8-9,11,15,19-20,28H,1,7,10,12H2,2-6H3/b16-11-,17-8-/t15-,19+,20-,23+,24+/m0/s1. The second-order valence-electron chi connectivity index (χ2n) is 8.83. The van der Waals surface area contributed by atoms with Gasteiger partial charge < -0.3 is 28.8 Å². The number of ether oxygens (including phenoxy) is 5. The minimum Gasteiger partial charge on any atom is -0.465 e. The molecule has 1 saturated heterocycles. The quantitative estimate of drug-likeness (QED) is 0.381. The third kappa shape index (κ3) is 5.04. The van der Waals surface area contributed by atoms with Crippen molar-refractivity contribution < 1.29 is 43.2 Å². The first-order valence-corrected chi connectivity index (χ1v) is 10.6. The van der Waals surface area contributed by atoms with E-state index in [1.807, 2.05) is 6.92 Å². The first-order valence-electron chi connectivity index (χ1n) is 10.6. The summed E-state index contributed by atoms with van der Waals surface area (Å²) in [6.07, 6.45) is 3.09. The van der Waals surface area contributed by atoms with Crippen molar-refractivity contribution in [1.82, 2.24) is 0 Å². The molecule has 0 saturated carbocycles. The molecule has 9 nitrogen and oxygen atoms in total. The smallest absolute Gasteiger partial charge is 0.340 e. The molecule has 0 radical (unpaired) electrons. The van der Waals surface area contributed by atoms with Gasteiger partial charge in [-0.2, -0.15) is 0 Å². The van der Waals surface area contributed by atoms with Gasteiger partial charge in [-0.25, -0.2) is 9.59 Å². The van der Waals surface area contributed by atoms with E-state index >= 15 is 0 Å². The lowest BCUT2D eigenvalue weighted by Crippen LogP contribution is -2.39. The zero-order valence-corrected chi connectivity index (χ0v) is 19.5. The van der Waals surface area contributed by atoms with E-state index in [0.29, 0.717) is 6.42 Å². The lowest BCUT2D eigenvalue weighted by molar-refractivity contribution is -0.178. The Morgan fingerprint density at radius 1 is 1.24 bits per heavy atom. The molecule has 0 aliphatic carbocycles. The van der Waals surface area contributed by atoms with Gasteiger partial charge in [-0.1, -0.05) is 18.2 Å². The SMILES string of the molecule is C=C(C)[C@H]1C/C=C2\C(=O)O[C@H](C[C@](C)(O)/C=C3/C=C(C(=O)OC)[C@@](OC)(C1)O3)[C@H]2OC(C)=O. The molecule has 0 aromatic rings. The predicted molar refractivity (Wildman–Crippen MR) is 115 cm³/mol. The number of carbonyl (C=O) groups excluding carboxylic acids is 3. The third-order valence-corrected chi connectivity index (χ3v) is 6.05. The highest BCUT2D eigenvalue weighted by Gasteiger charge is 2.50. The van der Waals surface area contributed by atoms with Crippen molar-refractivity contribution in [3.8, 4) is 0 Å². The third-order valence-electron chi connectivity index (χ3n) is 6.05. The summed E-state index contributed by atoms with van der Waals surface area (Å²) in [6, 6.07) is 0. The van der Waals surface area contributed by atoms with Crippen LogP contribution in [0.4, 0.5) is 0 Å². The number of esters is 3. The van der Waals surface area contributed by atoms with Crippen molar-refractivity contribution >= 4 is 17.9 Å². The summed E-state index contributed by atoms with van der Waals surface area (Å²) in [7, 11) is 2.68. The molecule has 9 heteroatoms. The van der Waals surface area contributed by atoms with Gasteiger partial charge in [0.2, 0.25) is 5.79 Å². The summed E-state index contributed by atoms with van der Waals surface area (Å²) in [5.74, 6) is -3.36. The number of methoxy groups -OCH3 is 2. The fourth-order valence-electron chi connectivity index (χ4n) is 4.38. The fourth-order valence-corrected chi connectivity index (χ4v) is 4.38. The number of fused-ring (bicyclic) bond motifs is 4. The van der Waals surface area contributed by atoms with Gasteiger partial charge in [0.25, 0.3) is 0 Å². The highest BCUT2D eigenvalue weighted by atomic mass is 16.7. The van der Waals surface area contributed by atoms with Crippen LogP contribution in [0.25, 0.3) is 0 Å². The second kappa shape index (κ2) is 9.15. The lowest BCUT2D eigenvalue weighted by atomic mass is 9.86. The molecule has 0 unspecified atom stereocenters. The molecule has 0 spiro atoms. The maximum atomic E-state index is 12.6. The monoisotopic (exact) mass is 462 g/mol. The van der Waals surface area contributed by atoms with Crippen molar-refractivity contribution in [3.05, 3.63) is 47.3 Å². The highest BCUT2D eigenvalue weighted by molar-refractivity contribution is 5.93. The minimum atomic E-state index is -1.54. The van der Waals surface area contributed by atoms with Gasteiger partial charge in [-0.05, 0) is 38.3 Å². The molecule has 3 aliphatic rings. The molecule has 0 amide bonds. The van der Waals surface area contributed by atoms with E-state index in [0.717, 1.165) is 5.57 Å². The van der Waals surface area contributed by atoms with Crippen LogP contribution in [0.1, 0.15) is 40.0 Å². The molecule has 1 N–H and O–H groups in total. The summed E-state index contributed by atoms with van der Waals surface area (Å²) in [5, 5.41) is 11.1. The van der Waals surface area contributed by atoms with Gasteiger partial charge in [-0.3, -0.25) is 4.79 Å². The van der Waals surface area contributed by atoms with E-state index in [2.05, 4.69) is 6.58 Å². The summed E-state index contributed by atoms with van der Waals surface area (Å²) in [6.45, 7) is 8.61. The Morgan fingerprint density at radius 3 is 2.52 bits per heavy atom. The zero-order valence-electron chi connectivity index (χ0n) is 19.5. The van der Waals surface area contributed by atoms with Crippen LogP contribution in [0.2, 0.25) is 0 Å². The lowest BCUT2D eigenvalue weighted by Gasteiger charge is -2.33. The Labute approximate surface area is 192 Å². The summed E-state index contributed by atoms with van der Waals surface area (Å²) < 4.78 is 27.6. The van der Waals surface area contributed by atoms with Crippen molar-refractivity contribution in [3.63, 3.8) is 0 Å². The van der Waals surface area contributed by atoms with Crippen molar-refractivity contribution in [1.29, 1.82) is 0 Å². The molecule has 33 heavy (non-hydrogen) atoms. The number of rotatable bonds is 4. The number of carbonyl (C=O) groups is 3.